The zero-order valence-corrected chi connectivity index (χ0v) is 22.8. The van der Waals surface area contributed by atoms with Crippen LogP contribution in [-0.2, 0) is 10.9 Å². The second-order valence-corrected chi connectivity index (χ2v) is 9.10. The normalized spacial score (nSPS) is 15.9. The molecule has 40 heavy (non-hydrogen) atoms. The summed E-state index contributed by atoms with van der Waals surface area (Å²) >= 11 is 0. The molecule has 0 atom stereocenters. The molecule has 1 aliphatic carbocycles. The van der Waals surface area contributed by atoms with E-state index >= 15 is 0 Å². The van der Waals surface area contributed by atoms with Crippen LogP contribution in [0.15, 0.2) is 24.5 Å². The van der Waals surface area contributed by atoms with Crippen LogP contribution < -0.4 is 10.6 Å². The van der Waals surface area contributed by atoms with E-state index in [2.05, 4.69) is 25.6 Å². The van der Waals surface area contributed by atoms with Crippen molar-refractivity contribution in [2.75, 3.05) is 38.7 Å². The van der Waals surface area contributed by atoms with E-state index in [1.54, 1.807) is 0 Å². The number of halogens is 5. The third-order valence-electron chi connectivity index (χ3n) is 6.50. The number of urea groups is 1. The van der Waals surface area contributed by atoms with E-state index in [-0.39, 0.29) is 28.4 Å². The standard InChI is InChI=1S/C14H9F5N4.C11H20N2O2.C2H6/c1-20-13-10(16)3-9(14(17,18)19)11(23-13)8-5-22-12-7(8)2-6(15)4-21-12;14-11(13-6-8-15-9-7-13)12-10-4-2-1-3-5-10;1-2/h2-5H,1H3,(H,20,23)(H,21,22);10H,1-9H2,(H,12,14);1-2H3. The molecule has 0 bridgehead atoms. The number of pyridine rings is 2. The molecule has 4 heterocycles. The summed E-state index contributed by atoms with van der Waals surface area (Å²) in [6.45, 7) is 6.83. The molecule has 3 N–H and O–H groups in total. The van der Waals surface area contributed by atoms with Crippen LogP contribution >= 0.6 is 0 Å². The molecule has 1 saturated heterocycles. The van der Waals surface area contributed by atoms with Crippen molar-refractivity contribution in [3.8, 4) is 11.3 Å². The zero-order chi connectivity index (χ0) is 29.3. The summed E-state index contributed by atoms with van der Waals surface area (Å²) < 4.78 is 71.9. The Bertz CT molecular complexity index is 1250. The first-order valence-corrected chi connectivity index (χ1v) is 13.4. The van der Waals surface area contributed by atoms with Crippen LogP contribution in [0.25, 0.3) is 22.3 Å². The lowest BCUT2D eigenvalue weighted by atomic mass is 9.96. The maximum Gasteiger partial charge on any atom is 0.418 e. The zero-order valence-electron chi connectivity index (χ0n) is 22.8. The number of amides is 2. The van der Waals surface area contributed by atoms with Gasteiger partial charge in [-0.25, -0.2) is 23.5 Å². The number of aromatic nitrogens is 3. The van der Waals surface area contributed by atoms with Crippen molar-refractivity contribution in [1.82, 2.24) is 25.2 Å². The lowest BCUT2D eigenvalue weighted by molar-refractivity contribution is -0.137. The molecular formula is C27H35F5N6O2. The second kappa shape index (κ2) is 14.2. The van der Waals surface area contributed by atoms with Crippen LogP contribution in [0.2, 0.25) is 0 Å². The van der Waals surface area contributed by atoms with Crippen LogP contribution in [0.1, 0.15) is 51.5 Å². The topological polar surface area (TPSA) is 95.2 Å². The van der Waals surface area contributed by atoms with Crippen LogP contribution in [0, 0.1) is 11.6 Å². The first-order chi connectivity index (χ1) is 19.2. The van der Waals surface area contributed by atoms with Gasteiger partial charge in [-0.15, -0.1) is 0 Å². The molecule has 0 spiro atoms. The predicted octanol–water partition coefficient (Wildman–Crippen LogP) is 6.35. The number of hydrogen-bond donors (Lipinski definition) is 3. The van der Waals surface area contributed by atoms with E-state index < -0.39 is 29.1 Å². The van der Waals surface area contributed by atoms with Crippen LogP contribution in [0.4, 0.5) is 32.6 Å². The second-order valence-electron chi connectivity index (χ2n) is 9.10. The smallest absolute Gasteiger partial charge is 0.378 e. The molecule has 3 aromatic heterocycles. The third kappa shape index (κ3) is 7.80. The number of ether oxygens (including phenoxy) is 1. The maximum atomic E-state index is 13.7. The average Bonchev–Trinajstić information content (AvgIpc) is 3.38. The number of hydrogen-bond acceptors (Lipinski definition) is 5. The van der Waals surface area contributed by atoms with Gasteiger partial charge in [0.15, 0.2) is 11.6 Å². The van der Waals surface area contributed by atoms with Gasteiger partial charge >= 0.3 is 12.2 Å². The molecule has 2 amide bonds. The van der Waals surface area contributed by atoms with Gasteiger partial charge in [-0.1, -0.05) is 33.1 Å². The molecular weight excluding hydrogens is 535 g/mol. The Balaban J connectivity index is 0.000000224. The SMILES string of the molecule is CC.CNc1nc(-c2c[nH]c3ncc(F)cc23)c(C(F)(F)F)cc1F.O=C(NC1CCCCC1)N1CCOCC1. The molecule has 220 valence electrons. The highest BCUT2D eigenvalue weighted by Gasteiger charge is 2.36. The number of morpholine rings is 1. The van der Waals surface area contributed by atoms with Crippen LogP contribution in [0.3, 0.4) is 0 Å². The fourth-order valence-corrected chi connectivity index (χ4v) is 4.54. The summed E-state index contributed by atoms with van der Waals surface area (Å²) in [5.41, 5.74) is -1.58. The summed E-state index contributed by atoms with van der Waals surface area (Å²) in [6, 6.07) is 1.91. The minimum absolute atomic E-state index is 0.0178. The summed E-state index contributed by atoms with van der Waals surface area (Å²) in [5.74, 6) is -2.18. The molecule has 5 rings (SSSR count). The highest BCUT2D eigenvalue weighted by Crippen LogP contribution is 2.39. The van der Waals surface area contributed by atoms with Gasteiger partial charge in [-0.05, 0) is 25.0 Å². The average molecular weight is 571 g/mol. The minimum Gasteiger partial charge on any atom is -0.378 e. The van der Waals surface area contributed by atoms with E-state index in [9.17, 15) is 26.7 Å². The molecule has 1 saturated carbocycles. The molecule has 2 aliphatic rings. The van der Waals surface area contributed by atoms with Crippen molar-refractivity contribution in [2.45, 2.75) is 58.2 Å². The molecule has 0 radical (unpaired) electrons. The van der Waals surface area contributed by atoms with Gasteiger partial charge < -0.3 is 25.3 Å². The monoisotopic (exact) mass is 570 g/mol. The van der Waals surface area contributed by atoms with Crippen molar-refractivity contribution in [3.63, 3.8) is 0 Å². The van der Waals surface area contributed by atoms with Crippen molar-refractivity contribution in [1.29, 1.82) is 0 Å². The molecule has 13 heteroatoms. The highest BCUT2D eigenvalue weighted by molar-refractivity contribution is 5.93. The summed E-state index contributed by atoms with van der Waals surface area (Å²) in [5, 5.41) is 5.62. The molecule has 0 aromatic carbocycles. The maximum absolute atomic E-state index is 13.7. The summed E-state index contributed by atoms with van der Waals surface area (Å²) in [4.78, 5) is 23.8. The fraction of sp³-hybridized carbons (Fsp3) is 0.519. The van der Waals surface area contributed by atoms with Gasteiger partial charge in [0.1, 0.15) is 11.5 Å². The van der Waals surface area contributed by atoms with Crippen LogP contribution in [-0.4, -0.2) is 65.3 Å². The molecule has 3 aromatic rings. The number of carbonyl (C=O) groups excluding carboxylic acids is 1. The van der Waals surface area contributed by atoms with Gasteiger partial charge in [0.05, 0.1) is 30.7 Å². The third-order valence-corrected chi connectivity index (χ3v) is 6.50. The van der Waals surface area contributed by atoms with E-state index in [0.29, 0.717) is 25.3 Å². The number of rotatable bonds is 3. The Hall–Kier alpha value is -3.48. The minimum atomic E-state index is -4.82. The molecule has 0 unspecified atom stereocenters. The predicted molar refractivity (Wildman–Crippen MR) is 143 cm³/mol. The van der Waals surface area contributed by atoms with Crippen molar-refractivity contribution in [3.05, 3.63) is 41.7 Å². The van der Waals surface area contributed by atoms with Gasteiger partial charge in [0.25, 0.3) is 0 Å². The van der Waals surface area contributed by atoms with E-state index in [4.69, 9.17) is 4.74 Å². The highest BCUT2D eigenvalue weighted by atomic mass is 19.4. The lowest BCUT2D eigenvalue weighted by Crippen LogP contribution is -2.49. The Morgan fingerprint density at radius 1 is 1.10 bits per heavy atom. The summed E-state index contributed by atoms with van der Waals surface area (Å²) in [7, 11) is 1.33. The number of nitrogens with zero attached hydrogens (tertiary/aromatic N) is 3. The quantitative estimate of drug-likeness (QED) is 0.319. The molecule has 1 aliphatic heterocycles. The summed E-state index contributed by atoms with van der Waals surface area (Å²) in [6.07, 6.45) is 3.48. The van der Waals surface area contributed by atoms with Gasteiger partial charge in [-0.3, -0.25) is 0 Å². The lowest BCUT2D eigenvalue weighted by Gasteiger charge is -2.30. The number of fused-ring (bicyclic) bond motifs is 1. The Morgan fingerprint density at radius 2 is 1.77 bits per heavy atom. The molecule has 2 fully saturated rings. The van der Waals surface area contributed by atoms with Crippen molar-refractivity contribution < 1.29 is 31.5 Å². The fourth-order valence-electron chi connectivity index (χ4n) is 4.54. The van der Waals surface area contributed by atoms with Gasteiger partial charge in [0.2, 0.25) is 0 Å². The number of aromatic amines is 1. The Morgan fingerprint density at radius 3 is 2.40 bits per heavy atom. The van der Waals surface area contributed by atoms with Crippen molar-refractivity contribution >= 4 is 22.9 Å². The molecule has 8 nitrogen and oxygen atoms in total. The van der Waals surface area contributed by atoms with E-state index in [1.807, 2.05) is 18.7 Å². The van der Waals surface area contributed by atoms with Crippen LogP contribution in [0.5, 0.6) is 0 Å². The Labute approximate surface area is 229 Å². The number of H-pyrrole nitrogens is 1. The largest absolute Gasteiger partial charge is 0.418 e. The van der Waals surface area contributed by atoms with Crippen molar-refractivity contribution in [2.24, 2.45) is 0 Å². The van der Waals surface area contributed by atoms with Gasteiger partial charge in [0, 0.05) is 43.3 Å². The van der Waals surface area contributed by atoms with E-state index in [1.165, 1.54) is 32.5 Å². The first-order valence-electron chi connectivity index (χ1n) is 13.4. The first kappa shape index (κ1) is 31.1. The van der Waals surface area contributed by atoms with E-state index in [0.717, 1.165) is 38.2 Å². The van der Waals surface area contributed by atoms with Gasteiger partial charge in [-0.2, -0.15) is 13.2 Å². The number of nitrogens with one attached hydrogen (secondary N) is 3. The number of alkyl halides is 3. The number of carbonyl (C=O) groups is 1. The number of anilines is 1. The Kier molecular flexibility index (Phi) is 11.1.